The van der Waals surface area contributed by atoms with E-state index >= 15 is 4.39 Å². The molecule has 2 N–H and O–H groups in total. The Kier molecular flexibility index (Phi) is 4.28. The van der Waals surface area contributed by atoms with Gasteiger partial charge in [-0.1, -0.05) is 11.6 Å². The molecule has 4 rings (SSSR count). The predicted molar refractivity (Wildman–Crippen MR) is 101 cm³/mol. The van der Waals surface area contributed by atoms with Gasteiger partial charge in [0, 0.05) is 29.8 Å². The number of hydrogen-bond acceptors (Lipinski definition) is 5. The van der Waals surface area contributed by atoms with Crippen LogP contribution in [0.25, 0.3) is 33.5 Å². The summed E-state index contributed by atoms with van der Waals surface area (Å²) >= 11 is 6.14. The molecule has 0 saturated heterocycles. The molecule has 0 spiro atoms. The summed E-state index contributed by atoms with van der Waals surface area (Å²) in [6, 6.07) is 3.78. The molecule has 28 heavy (non-hydrogen) atoms. The average Bonchev–Trinajstić information content (AvgIpc) is 3.42. The monoisotopic (exact) mass is 399 g/mol. The number of nitriles is 1. The van der Waals surface area contributed by atoms with E-state index in [1.807, 2.05) is 0 Å². The van der Waals surface area contributed by atoms with Crippen LogP contribution >= 0.6 is 11.6 Å². The second-order valence-corrected chi connectivity index (χ2v) is 6.64. The van der Waals surface area contributed by atoms with Crippen LogP contribution in [0.3, 0.4) is 0 Å². The van der Waals surface area contributed by atoms with Gasteiger partial charge in [-0.25, -0.2) is 9.37 Å². The summed E-state index contributed by atoms with van der Waals surface area (Å²) in [6.45, 7) is 1.70. The van der Waals surface area contributed by atoms with Crippen molar-refractivity contribution in [1.82, 2.24) is 29.9 Å². The van der Waals surface area contributed by atoms with Gasteiger partial charge in [0.05, 0.1) is 30.6 Å². The largest absolute Gasteiger partial charge is 0.495 e. The first-order valence-electron chi connectivity index (χ1n) is 8.33. The molecule has 10 heteroatoms. The van der Waals surface area contributed by atoms with Crippen molar-refractivity contribution in [3.05, 3.63) is 35.1 Å². The fourth-order valence-electron chi connectivity index (χ4n) is 3.26. The van der Waals surface area contributed by atoms with Crippen molar-refractivity contribution >= 4 is 22.5 Å². The number of hydrogen-bond donors (Lipinski definition) is 2. The number of benzene rings is 1. The maximum atomic E-state index is 15.1. The molecule has 0 saturated carbocycles. The van der Waals surface area contributed by atoms with Gasteiger partial charge in [-0.05, 0) is 13.0 Å². The third kappa shape index (κ3) is 2.53. The van der Waals surface area contributed by atoms with Crippen molar-refractivity contribution in [3.8, 4) is 34.5 Å². The summed E-state index contributed by atoms with van der Waals surface area (Å²) in [4.78, 5) is 4.45. The van der Waals surface area contributed by atoms with E-state index in [4.69, 9.17) is 21.6 Å². The van der Waals surface area contributed by atoms with E-state index in [9.17, 15) is 0 Å². The fraction of sp³-hybridized carbons (Fsp3) is 0.222. The lowest BCUT2D eigenvalue weighted by molar-refractivity contribution is 0.412. The Balaban J connectivity index is 2.10. The van der Waals surface area contributed by atoms with Gasteiger partial charge in [0.15, 0.2) is 17.5 Å². The molecule has 1 unspecified atom stereocenters. The number of nitrogens with zero attached hydrogens (tertiary/aromatic N) is 5. The molecular weight excluding hydrogens is 385 g/mol. The molecule has 0 aliphatic carbocycles. The number of ether oxygens (including phenoxy) is 1. The molecule has 0 bridgehead atoms. The molecule has 0 radical (unpaired) electrons. The number of aromatic amines is 2. The predicted octanol–water partition coefficient (Wildman–Crippen LogP) is 3.78. The standard InChI is InChI=1S/C18H15ClFN7O/c1-8(5-21)17-24-18(26-25-17)16-12(9-6-22-23-7-9)10-4-11(28-3)13(19)14(20)15(10)27(16)2/h4,6-8H,1-3H3,(H,22,23)(H,24,25,26). The highest BCUT2D eigenvalue weighted by molar-refractivity contribution is 6.33. The highest BCUT2D eigenvalue weighted by atomic mass is 35.5. The lowest BCUT2D eigenvalue weighted by Gasteiger charge is -2.06. The van der Waals surface area contributed by atoms with Crippen LogP contribution in [0.5, 0.6) is 5.75 Å². The van der Waals surface area contributed by atoms with Crippen molar-refractivity contribution in [3.63, 3.8) is 0 Å². The Labute approximate surface area is 163 Å². The van der Waals surface area contributed by atoms with Gasteiger partial charge in [-0.3, -0.25) is 10.2 Å². The van der Waals surface area contributed by atoms with Crippen LogP contribution in [-0.2, 0) is 7.05 Å². The highest BCUT2D eigenvalue weighted by Gasteiger charge is 2.26. The van der Waals surface area contributed by atoms with Gasteiger partial charge in [-0.15, -0.1) is 0 Å². The Morgan fingerprint density at radius 3 is 2.86 bits per heavy atom. The SMILES string of the molecule is COc1cc2c(-c3cn[nH]c3)c(-c3nc(C(C)C#N)n[nH]3)n(C)c2c(F)c1Cl. The number of halogens is 2. The minimum absolute atomic E-state index is 0.0998. The van der Waals surface area contributed by atoms with Crippen LogP contribution in [0.2, 0.25) is 5.02 Å². The lowest BCUT2D eigenvalue weighted by atomic mass is 10.0. The number of fused-ring (bicyclic) bond motifs is 1. The van der Waals surface area contributed by atoms with Crippen molar-refractivity contribution in [2.24, 2.45) is 7.05 Å². The molecule has 3 heterocycles. The Morgan fingerprint density at radius 2 is 2.21 bits per heavy atom. The zero-order valence-electron chi connectivity index (χ0n) is 15.2. The molecule has 0 fully saturated rings. The maximum absolute atomic E-state index is 15.1. The summed E-state index contributed by atoms with van der Waals surface area (Å²) in [7, 11) is 3.14. The molecule has 1 atom stereocenters. The second-order valence-electron chi connectivity index (χ2n) is 6.27. The van der Waals surface area contributed by atoms with Crippen LogP contribution in [0.1, 0.15) is 18.7 Å². The van der Waals surface area contributed by atoms with Crippen LogP contribution in [0.15, 0.2) is 18.5 Å². The van der Waals surface area contributed by atoms with Crippen LogP contribution in [-0.4, -0.2) is 37.1 Å². The van der Waals surface area contributed by atoms with E-state index in [1.54, 1.807) is 37.0 Å². The second kappa shape index (κ2) is 6.65. The van der Waals surface area contributed by atoms with Gasteiger partial charge < -0.3 is 9.30 Å². The topological polar surface area (TPSA) is 108 Å². The highest BCUT2D eigenvalue weighted by Crippen LogP contribution is 2.44. The molecule has 4 aromatic rings. The molecule has 1 aromatic carbocycles. The molecule has 3 aromatic heterocycles. The molecule has 142 valence electrons. The van der Waals surface area contributed by atoms with E-state index < -0.39 is 11.7 Å². The van der Waals surface area contributed by atoms with Crippen molar-refractivity contribution in [1.29, 1.82) is 5.26 Å². The van der Waals surface area contributed by atoms with E-state index in [0.29, 0.717) is 33.8 Å². The van der Waals surface area contributed by atoms with Crippen molar-refractivity contribution < 1.29 is 9.13 Å². The summed E-state index contributed by atoms with van der Waals surface area (Å²) in [5.74, 6) is -0.0913. The Hall–Kier alpha value is -3.38. The summed E-state index contributed by atoms with van der Waals surface area (Å²) in [5.41, 5.74) is 2.30. The van der Waals surface area contributed by atoms with Crippen LogP contribution < -0.4 is 4.74 Å². The molecule has 8 nitrogen and oxygen atoms in total. The zero-order valence-corrected chi connectivity index (χ0v) is 16.0. The van der Waals surface area contributed by atoms with Crippen molar-refractivity contribution in [2.75, 3.05) is 7.11 Å². The summed E-state index contributed by atoms with van der Waals surface area (Å²) in [6.07, 6.45) is 3.33. The quantitative estimate of drug-likeness (QED) is 0.542. The van der Waals surface area contributed by atoms with Gasteiger partial charge in [0.1, 0.15) is 16.7 Å². The van der Waals surface area contributed by atoms with Crippen molar-refractivity contribution in [2.45, 2.75) is 12.8 Å². The third-order valence-electron chi connectivity index (χ3n) is 4.64. The van der Waals surface area contributed by atoms with Crippen LogP contribution in [0.4, 0.5) is 4.39 Å². The Morgan fingerprint density at radius 1 is 1.43 bits per heavy atom. The van der Waals surface area contributed by atoms with E-state index in [0.717, 1.165) is 5.56 Å². The molecule has 0 amide bonds. The number of methoxy groups -OCH3 is 1. The number of aryl methyl sites for hydroxylation is 1. The third-order valence-corrected chi connectivity index (χ3v) is 4.99. The van der Waals surface area contributed by atoms with E-state index in [1.165, 1.54) is 7.11 Å². The first-order valence-corrected chi connectivity index (χ1v) is 8.71. The maximum Gasteiger partial charge on any atom is 0.173 e. The average molecular weight is 400 g/mol. The van der Waals surface area contributed by atoms with E-state index in [-0.39, 0.29) is 10.8 Å². The summed E-state index contributed by atoms with van der Waals surface area (Å²) in [5, 5.41) is 23.4. The Bertz CT molecular complexity index is 1220. The fourth-order valence-corrected chi connectivity index (χ4v) is 3.48. The minimum atomic E-state index is -0.598. The molecule has 0 aliphatic rings. The number of H-pyrrole nitrogens is 2. The minimum Gasteiger partial charge on any atom is -0.495 e. The molecule has 0 aliphatic heterocycles. The van der Waals surface area contributed by atoms with Crippen LogP contribution in [0, 0.1) is 17.1 Å². The smallest absolute Gasteiger partial charge is 0.173 e. The van der Waals surface area contributed by atoms with Gasteiger partial charge >= 0.3 is 0 Å². The number of rotatable bonds is 4. The first-order chi connectivity index (χ1) is 13.5. The first kappa shape index (κ1) is 18.0. The zero-order chi connectivity index (χ0) is 20.0. The lowest BCUT2D eigenvalue weighted by Crippen LogP contribution is -1.97. The summed E-state index contributed by atoms with van der Waals surface area (Å²) < 4.78 is 22.0. The van der Waals surface area contributed by atoms with Gasteiger partial charge in [0.25, 0.3) is 0 Å². The van der Waals surface area contributed by atoms with E-state index in [2.05, 4.69) is 31.4 Å². The normalized spacial score (nSPS) is 12.3. The van der Waals surface area contributed by atoms with Gasteiger partial charge in [0.2, 0.25) is 0 Å². The molecular formula is C18H15ClFN7O. The van der Waals surface area contributed by atoms with Gasteiger partial charge in [-0.2, -0.15) is 15.5 Å². The number of nitrogens with one attached hydrogen (secondary N) is 2. The number of aromatic nitrogens is 6.